The third kappa shape index (κ3) is 2.98. The van der Waals surface area contributed by atoms with Gasteiger partial charge in [-0.25, -0.2) is 9.97 Å². The number of rotatable bonds is 4. The fourth-order valence-electron chi connectivity index (χ4n) is 3.15. The van der Waals surface area contributed by atoms with E-state index in [0.29, 0.717) is 18.1 Å². The largest absolute Gasteiger partial charge is 0.393 e. The molecule has 1 aliphatic heterocycles. The highest BCUT2D eigenvalue weighted by Gasteiger charge is 2.27. The molecule has 0 aromatic carbocycles. The Balaban J connectivity index is 1.66. The Morgan fingerprint density at radius 2 is 2.12 bits per heavy atom. The molecule has 1 saturated heterocycles. The average Bonchev–Trinajstić information content (AvgIpc) is 3.06. The van der Waals surface area contributed by atoms with Crippen LogP contribution in [0.15, 0.2) is 18.3 Å². The van der Waals surface area contributed by atoms with Crippen LogP contribution >= 0.6 is 0 Å². The first-order chi connectivity index (χ1) is 11.7. The SMILES string of the molecule is N#Cc1cc2cnc(N[C@H]3C[C@@H](O)C3)cc2c(N[C@@H]2CCOC2)n1. The number of nitriles is 1. The van der Waals surface area contributed by atoms with Gasteiger partial charge in [0.2, 0.25) is 0 Å². The third-order valence-electron chi connectivity index (χ3n) is 4.56. The second kappa shape index (κ2) is 6.23. The Labute approximate surface area is 139 Å². The molecule has 3 heterocycles. The molecule has 0 amide bonds. The van der Waals surface area contributed by atoms with E-state index in [-0.39, 0.29) is 18.2 Å². The summed E-state index contributed by atoms with van der Waals surface area (Å²) in [6.45, 7) is 1.39. The van der Waals surface area contributed by atoms with Gasteiger partial charge in [0.15, 0.2) is 0 Å². The topological polar surface area (TPSA) is 103 Å². The van der Waals surface area contributed by atoms with E-state index in [0.717, 1.165) is 42.5 Å². The van der Waals surface area contributed by atoms with Gasteiger partial charge in [0.05, 0.1) is 18.8 Å². The minimum atomic E-state index is -0.206. The van der Waals surface area contributed by atoms with E-state index in [2.05, 4.69) is 26.7 Å². The first-order valence-corrected chi connectivity index (χ1v) is 8.21. The van der Waals surface area contributed by atoms with Crippen molar-refractivity contribution in [2.45, 2.75) is 37.5 Å². The number of nitrogens with one attached hydrogen (secondary N) is 2. The Kier molecular flexibility index (Phi) is 3.92. The van der Waals surface area contributed by atoms with Crippen molar-refractivity contribution in [3.63, 3.8) is 0 Å². The second-order valence-corrected chi connectivity index (χ2v) is 6.43. The summed E-state index contributed by atoms with van der Waals surface area (Å²) in [7, 11) is 0. The lowest BCUT2D eigenvalue weighted by Gasteiger charge is -2.32. The molecule has 2 aliphatic rings. The molecule has 1 aliphatic carbocycles. The molecule has 1 atom stereocenters. The molecule has 3 N–H and O–H groups in total. The van der Waals surface area contributed by atoms with Crippen molar-refractivity contribution in [1.29, 1.82) is 5.26 Å². The van der Waals surface area contributed by atoms with Crippen molar-refractivity contribution in [2.24, 2.45) is 0 Å². The summed E-state index contributed by atoms with van der Waals surface area (Å²) in [5, 5.41) is 27.1. The van der Waals surface area contributed by atoms with Gasteiger partial charge in [-0.3, -0.25) is 0 Å². The number of aliphatic hydroxyl groups excluding tert-OH is 1. The van der Waals surface area contributed by atoms with E-state index < -0.39 is 0 Å². The van der Waals surface area contributed by atoms with Crippen molar-refractivity contribution < 1.29 is 9.84 Å². The Morgan fingerprint density at radius 1 is 1.25 bits per heavy atom. The number of hydrogen-bond acceptors (Lipinski definition) is 7. The molecule has 0 radical (unpaired) electrons. The minimum Gasteiger partial charge on any atom is -0.393 e. The van der Waals surface area contributed by atoms with Crippen LogP contribution in [0.1, 0.15) is 25.0 Å². The molecule has 24 heavy (non-hydrogen) atoms. The highest BCUT2D eigenvalue weighted by Crippen LogP contribution is 2.28. The molecule has 7 nitrogen and oxygen atoms in total. The lowest BCUT2D eigenvalue weighted by atomic mass is 9.89. The maximum absolute atomic E-state index is 9.41. The number of nitrogens with zero attached hydrogens (tertiary/aromatic N) is 3. The van der Waals surface area contributed by atoms with E-state index in [1.54, 1.807) is 12.3 Å². The van der Waals surface area contributed by atoms with E-state index >= 15 is 0 Å². The second-order valence-electron chi connectivity index (χ2n) is 6.43. The van der Waals surface area contributed by atoms with E-state index in [1.165, 1.54) is 0 Å². The highest BCUT2D eigenvalue weighted by atomic mass is 16.5. The van der Waals surface area contributed by atoms with Crippen LogP contribution in [0, 0.1) is 11.3 Å². The van der Waals surface area contributed by atoms with Crippen LogP contribution in [0.4, 0.5) is 11.6 Å². The molecule has 124 valence electrons. The molecule has 7 heteroatoms. The average molecular weight is 325 g/mol. The van der Waals surface area contributed by atoms with Crippen LogP contribution in [-0.4, -0.2) is 46.5 Å². The molecule has 0 bridgehead atoms. The summed E-state index contributed by atoms with van der Waals surface area (Å²) in [4.78, 5) is 8.85. The van der Waals surface area contributed by atoms with Crippen molar-refractivity contribution in [2.75, 3.05) is 23.8 Å². The highest BCUT2D eigenvalue weighted by molar-refractivity contribution is 5.93. The predicted octanol–water partition coefficient (Wildman–Crippen LogP) is 1.64. The summed E-state index contributed by atoms with van der Waals surface area (Å²) < 4.78 is 5.40. The number of aliphatic hydroxyl groups is 1. The van der Waals surface area contributed by atoms with Gasteiger partial charge in [0, 0.05) is 29.6 Å². The summed E-state index contributed by atoms with van der Waals surface area (Å²) in [6.07, 6.45) is 3.97. The summed E-state index contributed by atoms with van der Waals surface area (Å²) in [5.74, 6) is 1.45. The van der Waals surface area contributed by atoms with Crippen LogP contribution in [0.25, 0.3) is 10.8 Å². The lowest BCUT2D eigenvalue weighted by molar-refractivity contribution is 0.0835. The molecule has 1 saturated carbocycles. The number of anilines is 2. The van der Waals surface area contributed by atoms with Gasteiger partial charge >= 0.3 is 0 Å². The monoisotopic (exact) mass is 325 g/mol. The lowest BCUT2D eigenvalue weighted by Crippen LogP contribution is -2.39. The van der Waals surface area contributed by atoms with Crippen molar-refractivity contribution in [1.82, 2.24) is 9.97 Å². The van der Waals surface area contributed by atoms with Gasteiger partial charge < -0.3 is 20.5 Å². The van der Waals surface area contributed by atoms with Crippen molar-refractivity contribution in [3.05, 3.63) is 24.0 Å². The Hall–Kier alpha value is -2.43. The van der Waals surface area contributed by atoms with Crippen molar-refractivity contribution in [3.8, 4) is 6.07 Å². The molecule has 0 unspecified atom stereocenters. The molecular formula is C17H19N5O2. The van der Waals surface area contributed by atoms with Gasteiger partial charge in [-0.15, -0.1) is 0 Å². The number of hydrogen-bond donors (Lipinski definition) is 3. The first kappa shape index (κ1) is 15.1. The zero-order chi connectivity index (χ0) is 16.5. The van der Waals surface area contributed by atoms with E-state index in [4.69, 9.17) is 4.74 Å². The predicted molar refractivity (Wildman–Crippen MR) is 89.8 cm³/mol. The van der Waals surface area contributed by atoms with Crippen LogP contribution in [0.2, 0.25) is 0 Å². The quantitative estimate of drug-likeness (QED) is 0.785. The zero-order valence-electron chi connectivity index (χ0n) is 13.2. The Morgan fingerprint density at radius 3 is 2.83 bits per heavy atom. The molecule has 4 rings (SSSR count). The minimum absolute atomic E-state index is 0.206. The maximum Gasteiger partial charge on any atom is 0.143 e. The summed E-state index contributed by atoms with van der Waals surface area (Å²) >= 11 is 0. The van der Waals surface area contributed by atoms with Crippen molar-refractivity contribution >= 4 is 22.4 Å². The number of pyridine rings is 2. The standard InChI is InChI=1S/C17H19N5O2/c18-7-13-3-10-8-19-16(20-12-4-14(23)5-12)6-15(10)17(22-13)21-11-1-2-24-9-11/h3,6,8,11-12,14,23H,1-2,4-5,9H2,(H,19,20)(H,21,22)/t11-,12-,14+/m1/s1. The molecule has 2 fully saturated rings. The summed E-state index contributed by atoms with van der Waals surface area (Å²) in [6, 6.07) is 6.27. The van der Waals surface area contributed by atoms with E-state index in [1.807, 2.05) is 6.07 Å². The van der Waals surface area contributed by atoms with Crippen LogP contribution in [-0.2, 0) is 4.74 Å². The van der Waals surface area contributed by atoms with Crippen LogP contribution in [0.3, 0.4) is 0 Å². The zero-order valence-corrected chi connectivity index (χ0v) is 13.2. The van der Waals surface area contributed by atoms with Gasteiger partial charge in [-0.1, -0.05) is 0 Å². The number of ether oxygens (including phenoxy) is 1. The number of fused-ring (bicyclic) bond motifs is 1. The van der Waals surface area contributed by atoms with Gasteiger partial charge in [0.1, 0.15) is 23.4 Å². The van der Waals surface area contributed by atoms with Gasteiger partial charge in [0.25, 0.3) is 0 Å². The molecule has 0 spiro atoms. The fraction of sp³-hybridized carbons (Fsp3) is 0.471. The summed E-state index contributed by atoms with van der Waals surface area (Å²) in [5.41, 5.74) is 0.369. The van der Waals surface area contributed by atoms with Gasteiger partial charge in [-0.05, 0) is 31.4 Å². The van der Waals surface area contributed by atoms with Crippen LogP contribution in [0.5, 0.6) is 0 Å². The molecular weight excluding hydrogens is 306 g/mol. The third-order valence-corrected chi connectivity index (χ3v) is 4.56. The Bertz CT molecular complexity index is 791. The number of aromatic nitrogens is 2. The van der Waals surface area contributed by atoms with Crippen LogP contribution < -0.4 is 10.6 Å². The maximum atomic E-state index is 9.41. The normalized spacial score (nSPS) is 25.9. The van der Waals surface area contributed by atoms with E-state index in [9.17, 15) is 10.4 Å². The molecule has 2 aromatic heterocycles. The van der Waals surface area contributed by atoms with Gasteiger partial charge in [-0.2, -0.15) is 5.26 Å². The smallest absolute Gasteiger partial charge is 0.143 e. The fourth-order valence-corrected chi connectivity index (χ4v) is 3.15. The molecule has 2 aromatic rings. The first-order valence-electron chi connectivity index (χ1n) is 8.21.